The smallest absolute Gasteiger partial charge is 0.180 e. The summed E-state index contributed by atoms with van der Waals surface area (Å²) in [5.74, 6) is 1.34. The van der Waals surface area contributed by atoms with E-state index in [9.17, 15) is 4.39 Å². The molecule has 1 aliphatic rings. The summed E-state index contributed by atoms with van der Waals surface area (Å²) in [4.78, 5) is 18.6. The molecule has 0 aliphatic carbocycles. The SMILES string of the molecule is CN(C)CCNc1nc(-c2ccccn2)nc2c1CN(Cc1ccc(F)cc1)CC2. The second-order valence-corrected chi connectivity index (χ2v) is 7.85. The molecule has 3 heterocycles. The van der Waals surface area contributed by atoms with Crippen LogP contribution in [-0.4, -0.2) is 58.5 Å². The second-order valence-electron chi connectivity index (χ2n) is 7.85. The third-order valence-electron chi connectivity index (χ3n) is 5.20. The summed E-state index contributed by atoms with van der Waals surface area (Å²) in [5.41, 5.74) is 4.10. The van der Waals surface area contributed by atoms with E-state index in [2.05, 4.69) is 34.2 Å². The number of fused-ring (bicyclic) bond motifs is 1. The van der Waals surface area contributed by atoms with Crippen LogP contribution >= 0.6 is 0 Å². The molecule has 4 rings (SSSR count). The van der Waals surface area contributed by atoms with E-state index in [0.717, 1.165) is 67.5 Å². The Hall–Kier alpha value is -2.90. The van der Waals surface area contributed by atoms with Gasteiger partial charge >= 0.3 is 0 Å². The summed E-state index contributed by atoms with van der Waals surface area (Å²) < 4.78 is 13.2. The van der Waals surface area contributed by atoms with Gasteiger partial charge in [0.25, 0.3) is 0 Å². The van der Waals surface area contributed by atoms with E-state index in [1.165, 1.54) is 12.1 Å². The standard InChI is InChI=1S/C23H27FN6/c1-29(2)14-12-26-22-19-16-30(15-17-6-8-18(24)9-7-17)13-10-20(19)27-23(28-22)21-5-3-4-11-25-21/h3-9,11H,10,12-16H2,1-2H3,(H,26,27,28). The molecule has 0 unspecified atom stereocenters. The number of hydrogen-bond donors (Lipinski definition) is 1. The largest absolute Gasteiger partial charge is 0.368 e. The fraction of sp³-hybridized carbons (Fsp3) is 0.348. The van der Waals surface area contributed by atoms with E-state index in [1.54, 1.807) is 6.20 Å². The minimum atomic E-state index is -0.203. The minimum absolute atomic E-state index is 0.203. The lowest BCUT2D eigenvalue weighted by molar-refractivity contribution is 0.243. The van der Waals surface area contributed by atoms with Crippen molar-refractivity contribution in [3.63, 3.8) is 0 Å². The average molecular weight is 407 g/mol. The molecule has 3 aromatic rings. The van der Waals surface area contributed by atoms with Gasteiger partial charge in [-0.05, 0) is 43.9 Å². The van der Waals surface area contributed by atoms with E-state index >= 15 is 0 Å². The summed E-state index contributed by atoms with van der Waals surface area (Å²) in [7, 11) is 4.11. The first-order valence-corrected chi connectivity index (χ1v) is 10.2. The van der Waals surface area contributed by atoms with Gasteiger partial charge in [-0.1, -0.05) is 18.2 Å². The summed E-state index contributed by atoms with van der Waals surface area (Å²) in [5, 5.41) is 3.51. The highest BCUT2D eigenvalue weighted by atomic mass is 19.1. The molecular weight excluding hydrogens is 379 g/mol. The predicted octanol–water partition coefficient (Wildman–Crippen LogP) is 3.21. The Labute approximate surface area is 176 Å². The minimum Gasteiger partial charge on any atom is -0.368 e. The number of anilines is 1. The fourth-order valence-corrected chi connectivity index (χ4v) is 3.61. The number of rotatable bonds is 7. The number of likely N-dealkylation sites (N-methyl/N-ethyl adjacent to an activating group) is 1. The lowest BCUT2D eigenvalue weighted by Gasteiger charge is -2.30. The Kier molecular flexibility index (Phi) is 6.30. The maximum atomic E-state index is 13.2. The Bertz CT molecular complexity index is 975. The highest BCUT2D eigenvalue weighted by molar-refractivity contribution is 5.57. The van der Waals surface area contributed by atoms with Gasteiger partial charge in [-0.25, -0.2) is 14.4 Å². The summed E-state index contributed by atoms with van der Waals surface area (Å²) in [6.07, 6.45) is 2.61. The number of nitrogens with one attached hydrogen (secondary N) is 1. The molecule has 6 nitrogen and oxygen atoms in total. The van der Waals surface area contributed by atoms with Crippen molar-refractivity contribution >= 4 is 5.82 Å². The normalized spacial score (nSPS) is 14.0. The Morgan fingerprint density at radius 2 is 1.93 bits per heavy atom. The highest BCUT2D eigenvalue weighted by Crippen LogP contribution is 2.27. The number of hydrogen-bond acceptors (Lipinski definition) is 6. The monoisotopic (exact) mass is 406 g/mol. The summed E-state index contributed by atoms with van der Waals surface area (Å²) in [6, 6.07) is 12.5. The van der Waals surface area contributed by atoms with Crippen molar-refractivity contribution in [2.45, 2.75) is 19.5 Å². The number of benzene rings is 1. The molecule has 156 valence electrons. The van der Waals surface area contributed by atoms with Crippen LogP contribution in [0.25, 0.3) is 11.5 Å². The molecule has 1 aliphatic heterocycles. The van der Waals surface area contributed by atoms with Gasteiger partial charge in [-0.2, -0.15) is 0 Å². The molecule has 7 heteroatoms. The van der Waals surface area contributed by atoms with Gasteiger partial charge in [0.15, 0.2) is 5.82 Å². The number of pyridine rings is 1. The Balaban J connectivity index is 1.59. The topological polar surface area (TPSA) is 57.2 Å². The molecule has 0 fully saturated rings. The van der Waals surface area contributed by atoms with Crippen LogP contribution in [0.3, 0.4) is 0 Å². The van der Waals surface area contributed by atoms with Crippen molar-refractivity contribution in [2.75, 3.05) is 39.0 Å². The second kappa shape index (κ2) is 9.28. The molecule has 0 saturated carbocycles. The molecule has 0 spiro atoms. The molecule has 0 bridgehead atoms. The van der Waals surface area contributed by atoms with Crippen molar-refractivity contribution in [3.05, 3.63) is 71.3 Å². The van der Waals surface area contributed by atoms with Crippen molar-refractivity contribution in [3.8, 4) is 11.5 Å². The van der Waals surface area contributed by atoms with Crippen LogP contribution in [0.15, 0.2) is 48.7 Å². The van der Waals surface area contributed by atoms with E-state index in [4.69, 9.17) is 9.97 Å². The Morgan fingerprint density at radius 3 is 2.67 bits per heavy atom. The van der Waals surface area contributed by atoms with Gasteiger partial charge in [0.05, 0.1) is 5.69 Å². The zero-order valence-corrected chi connectivity index (χ0v) is 17.5. The van der Waals surface area contributed by atoms with Gasteiger partial charge in [0.1, 0.15) is 17.3 Å². The number of aromatic nitrogens is 3. The first-order chi connectivity index (χ1) is 14.6. The van der Waals surface area contributed by atoms with Gasteiger partial charge in [0.2, 0.25) is 0 Å². The van der Waals surface area contributed by atoms with Crippen LogP contribution < -0.4 is 5.32 Å². The maximum absolute atomic E-state index is 13.2. The molecule has 2 aromatic heterocycles. The van der Waals surface area contributed by atoms with E-state index in [0.29, 0.717) is 5.82 Å². The molecule has 1 N–H and O–H groups in total. The lowest BCUT2D eigenvalue weighted by atomic mass is 10.0. The first kappa shape index (κ1) is 20.4. The van der Waals surface area contributed by atoms with Crippen LogP contribution in [0.4, 0.5) is 10.2 Å². The third kappa shape index (κ3) is 4.98. The van der Waals surface area contributed by atoms with E-state index in [-0.39, 0.29) is 5.82 Å². The quantitative estimate of drug-likeness (QED) is 0.650. The van der Waals surface area contributed by atoms with E-state index in [1.807, 2.05) is 30.3 Å². The number of nitrogens with zero attached hydrogens (tertiary/aromatic N) is 5. The van der Waals surface area contributed by atoms with Crippen LogP contribution in [0.5, 0.6) is 0 Å². The molecule has 0 saturated heterocycles. The number of halogens is 1. The summed E-state index contributed by atoms with van der Waals surface area (Å²) >= 11 is 0. The fourth-order valence-electron chi connectivity index (χ4n) is 3.61. The van der Waals surface area contributed by atoms with Crippen molar-refractivity contribution < 1.29 is 4.39 Å². The molecule has 0 atom stereocenters. The van der Waals surface area contributed by atoms with Crippen LogP contribution in [0, 0.1) is 5.82 Å². The van der Waals surface area contributed by atoms with Gasteiger partial charge < -0.3 is 10.2 Å². The van der Waals surface area contributed by atoms with E-state index < -0.39 is 0 Å². The highest BCUT2D eigenvalue weighted by Gasteiger charge is 2.23. The predicted molar refractivity (Wildman–Crippen MR) is 117 cm³/mol. The average Bonchev–Trinajstić information content (AvgIpc) is 2.76. The molecule has 0 amide bonds. The molecule has 0 radical (unpaired) electrons. The van der Waals surface area contributed by atoms with Crippen LogP contribution in [0.1, 0.15) is 16.8 Å². The van der Waals surface area contributed by atoms with Crippen molar-refractivity contribution in [1.82, 2.24) is 24.8 Å². The zero-order chi connectivity index (χ0) is 20.9. The molecule has 1 aromatic carbocycles. The van der Waals surface area contributed by atoms with Gasteiger partial charge in [-0.3, -0.25) is 9.88 Å². The van der Waals surface area contributed by atoms with Crippen molar-refractivity contribution in [1.29, 1.82) is 0 Å². The van der Waals surface area contributed by atoms with Crippen LogP contribution in [0.2, 0.25) is 0 Å². The Morgan fingerprint density at radius 1 is 1.10 bits per heavy atom. The molecule has 30 heavy (non-hydrogen) atoms. The van der Waals surface area contributed by atoms with Gasteiger partial charge in [-0.15, -0.1) is 0 Å². The first-order valence-electron chi connectivity index (χ1n) is 10.2. The van der Waals surface area contributed by atoms with Crippen molar-refractivity contribution in [2.24, 2.45) is 0 Å². The molecular formula is C23H27FN6. The summed E-state index contributed by atoms with van der Waals surface area (Å²) in [6.45, 7) is 4.16. The zero-order valence-electron chi connectivity index (χ0n) is 17.5. The van der Waals surface area contributed by atoms with Gasteiger partial charge in [0, 0.05) is 50.9 Å². The third-order valence-corrected chi connectivity index (χ3v) is 5.20. The van der Waals surface area contributed by atoms with Crippen LogP contribution in [-0.2, 0) is 19.5 Å². The lowest BCUT2D eigenvalue weighted by Crippen LogP contribution is -2.32. The maximum Gasteiger partial charge on any atom is 0.180 e.